The molecule has 100 valence electrons. The van der Waals surface area contributed by atoms with Gasteiger partial charge in [-0.25, -0.2) is 0 Å². The average Bonchev–Trinajstić information content (AvgIpc) is 2.24. The summed E-state index contributed by atoms with van der Waals surface area (Å²) in [6.45, 7) is 0. The molecule has 1 rings (SSSR count). The number of hydrogen-bond acceptors (Lipinski definition) is 6. The van der Waals surface area contributed by atoms with Gasteiger partial charge in [0.05, 0.1) is 7.11 Å². The molecule has 18 heavy (non-hydrogen) atoms. The second kappa shape index (κ2) is 4.65. The Morgan fingerprint density at radius 2 is 1.56 bits per heavy atom. The lowest BCUT2D eigenvalue weighted by Crippen LogP contribution is -2.13. The molecule has 0 saturated carbocycles. The van der Waals surface area contributed by atoms with E-state index in [4.69, 9.17) is 9.11 Å². The lowest BCUT2D eigenvalue weighted by molar-refractivity contribution is 0.111. The number of ether oxygens (including phenoxy) is 1. The van der Waals surface area contributed by atoms with E-state index in [1.807, 2.05) is 0 Å². The highest BCUT2D eigenvalue weighted by Crippen LogP contribution is 2.32. The third-order valence-corrected chi connectivity index (χ3v) is 3.98. The van der Waals surface area contributed by atoms with Crippen LogP contribution in [-0.4, -0.2) is 39.3 Å². The van der Waals surface area contributed by atoms with Crippen molar-refractivity contribution in [3.05, 3.63) is 17.7 Å². The van der Waals surface area contributed by atoms with Crippen molar-refractivity contribution in [3.63, 3.8) is 0 Å². The molecule has 0 radical (unpaired) electrons. The Bertz CT molecular complexity index is 686. The van der Waals surface area contributed by atoms with E-state index in [2.05, 4.69) is 4.74 Å². The van der Waals surface area contributed by atoms with Gasteiger partial charge in [-0.1, -0.05) is 0 Å². The highest BCUT2D eigenvalue weighted by molar-refractivity contribution is 7.89. The first-order valence-electron chi connectivity index (χ1n) is 4.24. The maximum atomic E-state index is 11.1. The second-order valence-electron chi connectivity index (χ2n) is 3.08. The first-order valence-corrected chi connectivity index (χ1v) is 7.12. The number of aldehydes is 1. The molecule has 0 amide bonds. The van der Waals surface area contributed by atoms with Gasteiger partial charge in [0.25, 0.3) is 20.2 Å². The summed E-state index contributed by atoms with van der Waals surface area (Å²) in [5, 5.41) is 0. The van der Waals surface area contributed by atoms with Gasteiger partial charge in [-0.3, -0.25) is 13.9 Å². The van der Waals surface area contributed by atoms with Crippen LogP contribution in [0, 0.1) is 0 Å². The molecule has 0 aromatic heterocycles. The van der Waals surface area contributed by atoms with Crippen molar-refractivity contribution in [1.29, 1.82) is 0 Å². The molecule has 0 aliphatic rings. The molecule has 1 aromatic carbocycles. The van der Waals surface area contributed by atoms with Crippen molar-refractivity contribution in [2.75, 3.05) is 7.11 Å². The van der Waals surface area contributed by atoms with Crippen molar-refractivity contribution < 1.29 is 35.5 Å². The van der Waals surface area contributed by atoms with Crippen LogP contribution in [0.15, 0.2) is 21.9 Å². The van der Waals surface area contributed by atoms with Crippen LogP contribution in [0.5, 0.6) is 5.75 Å². The van der Waals surface area contributed by atoms with Gasteiger partial charge in [0.2, 0.25) is 0 Å². The fourth-order valence-corrected chi connectivity index (χ4v) is 3.46. The minimum atomic E-state index is -5.04. The second-order valence-corrected chi connectivity index (χ2v) is 5.80. The van der Waals surface area contributed by atoms with Crippen molar-refractivity contribution >= 4 is 26.5 Å². The fraction of sp³-hybridized carbons (Fsp3) is 0.125. The molecular weight excluding hydrogens is 288 g/mol. The summed E-state index contributed by atoms with van der Waals surface area (Å²) in [7, 11) is -9.03. The molecule has 0 fully saturated rings. The van der Waals surface area contributed by atoms with Gasteiger partial charge in [0, 0.05) is 5.56 Å². The van der Waals surface area contributed by atoms with Gasteiger partial charge < -0.3 is 4.74 Å². The van der Waals surface area contributed by atoms with Gasteiger partial charge in [-0.05, 0) is 12.1 Å². The number of methoxy groups -OCH3 is 1. The summed E-state index contributed by atoms with van der Waals surface area (Å²) >= 11 is 0. The number of benzene rings is 1. The maximum absolute atomic E-state index is 11.1. The first-order chi connectivity index (χ1) is 8.12. The standard InChI is InChI=1S/C8H8O8S2/c1-16-6-3-2-5(4-9)7(17(10,11)12)8(6)18(13,14)15/h2-4H,1H3,(H,10,11,12)(H,13,14,15). The zero-order valence-corrected chi connectivity index (χ0v) is 10.5. The monoisotopic (exact) mass is 296 g/mol. The highest BCUT2D eigenvalue weighted by Gasteiger charge is 2.31. The molecule has 0 atom stereocenters. The predicted octanol–water partition coefficient (Wildman–Crippen LogP) is 0.00110. The molecule has 1 aromatic rings. The smallest absolute Gasteiger partial charge is 0.299 e. The van der Waals surface area contributed by atoms with Crippen LogP contribution in [0.4, 0.5) is 0 Å². The van der Waals surface area contributed by atoms with Gasteiger partial charge in [0.15, 0.2) is 11.2 Å². The number of carbonyl (C=O) groups excluding carboxylic acids is 1. The minimum absolute atomic E-state index is 0.0250. The Kier molecular flexibility index (Phi) is 3.76. The molecule has 2 N–H and O–H groups in total. The first kappa shape index (κ1) is 14.6. The lowest BCUT2D eigenvalue weighted by atomic mass is 10.2. The molecule has 0 heterocycles. The number of carbonyl (C=O) groups is 1. The molecule has 0 aliphatic carbocycles. The molecule has 0 bridgehead atoms. The van der Waals surface area contributed by atoms with Crippen molar-refractivity contribution in [3.8, 4) is 5.75 Å². The van der Waals surface area contributed by atoms with Crippen molar-refractivity contribution in [2.24, 2.45) is 0 Å². The maximum Gasteiger partial charge on any atom is 0.299 e. The summed E-state index contributed by atoms with van der Waals surface area (Å²) < 4.78 is 67.0. The number of hydrogen-bond donors (Lipinski definition) is 2. The van der Waals surface area contributed by atoms with Gasteiger partial charge in [-0.2, -0.15) is 16.8 Å². The SMILES string of the molecule is COc1ccc(C=O)c(S(=O)(=O)O)c1S(=O)(=O)O. The van der Waals surface area contributed by atoms with E-state index < -0.39 is 41.3 Å². The highest BCUT2D eigenvalue weighted by atomic mass is 32.2. The summed E-state index contributed by atoms with van der Waals surface area (Å²) in [6, 6.07) is 1.91. The van der Waals surface area contributed by atoms with Crippen molar-refractivity contribution in [2.45, 2.75) is 9.79 Å². The topological polar surface area (TPSA) is 135 Å². The Morgan fingerprint density at radius 1 is 1.06 bits per heavy atom. The van der Waals surface area contributed by atoms with E-state index in [0.29, 0.717) is 0 Å². The lowest BCUT2D eigenvalue weighted by Gasteiger charge is -2.11. The third kappa shape index (κ3) is 2.67. The average molecular weight is 296 g/mol. The Labute approximate surface area is 103 Å². The van der Waals surface area contributed by atoms with Crippen LogP contribution in [0.2, 0.25) is 0 Å². The van der Waals surface area contributed by atoms with E-state index in [-0.39, 0.29) is 6.29 Å². The molecule has 0 spiro atoms. The van der Waals surface area contributed by atoms with E-state index in [0.717, 1.165) is 19.2 Å². The zero-order chi connectivity index (χ0) is 14.1. The van der Waals surface area contributed by atoms with Gasteiger partial charge in [-0.15, -0.1) is 0 Å². The molecule has 0 saturated heterocycles. The molecule has 10 heteroatoms. The molecule has 0 aliphatic heterocycles. The predicted molar refractivity (Wildman–Crippen MR) is 58.0 cm³/mol. The molecule has 0 unspecified atom stereocenters. The third-order valence-electron chi connectivity index (χ3n) is 1.97. The Morgan fingerprint density at radius 3 is 1.89 bits per heavy atom. The van der Waals surface area contributed by atoms with E-state index in [1.54, 1.807) is 0 Å². The Balaban J connectivity index is 4.01. The van der Waals surface area contributed by atoms with Gasteiger partial charge >= 0.3 is 0 Å². The van der Waals surface area contributed by atoms with Crippen LogP contribution >= 0.6 is 0 Å². The minimum Gasteiger partial charge on any atom is -0.495 e. The zero-order valence-electron chi connectivity index (χ0n) is 8.89. The quantitative estimate of drug-likeness (QED) is 0.585. The normalized spacial score (nSPS) is 12.2. The summed E-state index contributed by atoms with van der Waals surface area (Å²) in [5.41, 5.74) is -0.620. The van der Waals surface area contributed by atoms with Gasteiger partial charge in [0.1, 0.15) is 10.6 Å². The fourth-order valence-electron chi connectivity index (χ4n) is 1.32. The van der Waals surface area contributed by atoms with E-state index in [9.17, 15) is 21.6 Å². The largest absolute Gasteiger partial charge is 0.495 e. The van der Waals surface area contributed by atoms with Crippen LogP contribution in [0.3, 0.4) is 0 Å². The summed E-state index contributed by atoms with van der Waals surface area (Å²) in [5.74, 6) is -0.518. The van der Waals surface area contributed by atoms with Crippen molar-refractivity contribution in [1.82, 2.24) is 0 Å². The van der Waals surface area contributed by atoms with E-state index >= 15 is 0 Å². The molecular formula is C8H8O8S2. The summed E-state index contributed by atoms with van der Waals surface area (Å²) in [4.78, 5) is 8.25. The van der Waals surface area contributed by atoms with Crippen LogP contribution in [0.25, 0.3) is 0 Å². The summed E-state index contributed by atoms with van der Waals surface area (Å²) in [6.07, 6.45) is 0.0250. The van der Waals surface area contributed by atoms with Crippen LogP contribution in [0.1, 0.15) is 10.4 Å². The number of rotatable bonds is 4. The molecule has 8 nitrogen and oxygen atoms in total. The van der Waals surface area contributed by atoms with Crippen LogP contribution < -0.4 is 4.74 Å². The van der Waals surface area contributed by atoms with E-state index in [1.165, 1.54) is 0 Å². The Hall–Kier alpha value is -1.49. The van der Waals surface area contributed by atoms with Crippen LogP contribution in [-0.2, 0) is 20.2 Å².